The van der Waals surface area contributed by atoms with E-state index in [1.54, 1.807) is 17.4 Å². The number of carboxylic acids is 1. The molecule has 2 heterocycles. The molecule has 2 amide bonds. The molecule has 1 atom stereocenters. The first-order chi connectivity index (χ1) is 9.61. The van der Waals surface area contributed by atoms with Crippen LogP contribution in [0.1, 0.15) is 23.2 Å². The van der Waals surface area contributed by atoms with Crippen molar-refractivity contribution < 1.29 is 19.4 Å². The zero-order chi connectivity index (χ0) is 14.5. The van der Waals surface area contributed by atoms with E-state index in [1.165, 1.54) is 17.4 Å². The number of thiophene rings is 1. The van der Waals surface area contributed by atoms with Crippen LogP contribution in [-0.4, -0.2) is 48.8 Å². The zero-order valence-electron chi connectivity index (χ0n) is 11.3. The number of hydrogen-bond donors (Lipinski definition) is 2. The average Bonchev–Trinajstić information content (AvgIpc) is 2.88. The van der Waals surface area contributed by atoms with Gasteiger partial charge in [0, 0.05) is 26.1 Å². The summed E-state index contributed by atoms with van der Waals surface area (Å²) in [6.07, 6.45) is 1.99. The topological polar surface area (TPSA) is 78.9 Å². The molecule has 1 aliphatic heterocycles. The molecule has 2 N–H and O–H groups in total. The number of amides is 2. The Morgan fingerprint density at radius 3 is 3.10 bits per heavy atom. The molecule has 1 aliphatic rings. The lowest BCUT2D eigenvalue weighted by Crippen LogP contribution is -2.43. The summed E-state index contributed by atoms with van der Waals surface area (Å²) in [4.78, 5) is 24.9. The molecule has 1 unspecified atom stereocenters. The van der Waals surface area contributed by atoms with E-state index >= 15 is 0 Å². The zero-order valence-corrected chi connectivity index (χ0v) is 12.1. The molecule has 0 radical (unpaired) electrons. The van der Waals surface area contributed by atoms with Crippen molar-refractivity contribution in [2.75, 3.05) is 32.1 Å². The first kappa shape index (κ1) is 14.8. The standard InChI is InChI=1S/C13H18N2O4S/c1-19-8-9-3-2-5-15(7-9)13(18)14-11-10(12(16)17)4-6-20-11/h4,6,9H,2-3,5,7-8H2,1H3,(H,14,18)(H,16,17). The number of nitrogens with one attached hydrogen (secondary N) is 1. The van der Waals surface area contributed by atoms with Crippen LogP contribution < -0.4 is 5.32 Å². The molecule has 0 aromatic carbocycles. The smallest absolute Gasteiger partial charge is 0.338 e. The molecule has 0 bridgehead atoms. The van der Waals surface area contributed by atoms with Crippen molar-refractivity contribution in [3.63, 3.8) is 0 Å². The lowest BCUT2D eigenvalue weighted by atomic mass is 9.99. The van der Waals surface area contributed by atoms with Crippen LogP contribution in [0.25, 0.3) is 0 Å². The minimum atomic E-state index is -1.03. The Bertz CT molecular complexity index is 486. The number of rotatable bonds is 4. The summed E-state index contributed by atoms with van der Waals surface area (Å²) in [5, 5.41) is 13.7. The fraction of sp³-hybridized carbons (Fsp3) is 0.538. The van der Waals surface area contributed by atoms with E-state index in [9.17, 15) is 9.59 Å². The average molecular weight is 298 g/mol. The monoisotopic (exact) mass is 298 g/mol. The number of methoxy groups -OCH3 is 1. The van der Waals surface area contributed by atoms with Crippen LogP contribution >= 0.6 is 11.3 Å². The normalized spacial score (nSPS) is 18.9. The number of ether oxygens (including phenoxy) is 1. The predicted molar refractivity (Wildman–Crippen MR) is 76.5 cm³/mol. The van der Waals surface area contributed by atoms with Gasteiger partial charge in [0.1, 0.15) is 5.00 Å². The summed E-state index contributed by atoms with van der Waals surface area (Å²) in [5.41, 5.74) is 0.133. The van der Waals surface area contributed by atoms with Gasteiger partial charge in [0.15, 0.2) is 0 Å². The van der Waals surface area contributed by atoms with Crippen LogP contribution in [0, 0.1) is 5.92 Å². The minimum Gasteiger partial charge on any atom is -0.478 e. The van der Waals surface area contributed by atoms with Crippen LogP contribution in [0.4, 0.5) is 9.80 Å². The van der Waals surface area contributed by atoms with Crippen molar-refractivity contribution in [3.05, 3.63) is 17.0 Å². The third kappa shape index (κ3) is 3.49. The second-order valence-electron chi connectivity index (χ2n) is 4.81. The quantitative estimate of drug-likeness (QED) is 0.894. The number of nitrogens with zero attached hydrogens (tertiary/aromatic N) is 1. The highest BCUT2D eigenvalue weighted by atomic mass is 32.1. The number of carbonyl (C=O) groups excluding carboxylic acids is 1. The second kappa shape index (κ2) is 6.71. The molecule has 110 valence electrons. The molecule has 1 aromatic heterocycles. The lowest BCUT2D eigenvalue weighted by molar-refractivity contribution is 0.0698. The van der Waals surface area contributed by atoms with Crippen LogP contribution in [0.15, 0.2) is 11.4 Å². The summed E-state index contributed by atoms with van der Waals surface area (Å²) >= 11 is 1.22. The molecule has 6 nitrogen and oxygen atoms in total. The summed E-state index contributed by atoms with van der Waals surface area (Å²) in [7, 11) is 1.66. The van der Waals surface area contributed by atoms with Crippen molar-refractivity contribution in [3.8, 4) is 0 Å². The van der Waals surface area contributed by atoms with Gasteiger partial charge in [-0.2, -0.15) is 0 Å². The van der Waals surface area contributed by atoms with E-state index in [1.807, 2.05) is 0 Å². The molecule has 0 spiro atoms. The van der Waals surface area contributed by atoms with Gasteiger partial charge < -0.3 is 14.7 Å². The van der Waals surface area contributed by atoms with Gasteiger partial charge in [-0.1, -0.05) is 0 Å². The largest absolute Gasteiger partial charge is 0.478 e. The highest BCUT2D eigenvalue weighted by Crippen LogP contribution is 2.24. The Morgan fingerprint density at radius 2 is 2.40 bits per heavy atom. The predicted octanol–water partition coefficient (Wildman–Crippen LogP) is 2.34. The number of hydrogen-bond acceptors (Lipinski definition) is 4. The van der Waals surface area contributed by atoms with Crippen molar-refractivity contribution in [2.45, 2.75) is 12.8 Å². The SMILES string of the molecule is COCC1CCCN(C(=O)Nc2sccc2C(=O)O)C1. The van der Waals surface area contributed by atoms with Crippen molar-refractivity contribution in [1.82, 2.24) is 4.90 Å². The van der Waals surface area contributed by atoms with E-state index in [0.717, 1.165) is 12.8 Å². The molecule has 1 aromatic rings. The van der Waals surface area contributed by atoms with Crippen molar-refractivity contribution >= 4 is 28.3 Å². The summed E-state index contributed by atoms with van der Waals surface area (Å²) in [6, 6.07) is 1.25. The first-order valence-corrected chi connectivity index (χ1v) is 7.35. The van der Waals surface area contributed by atoms with Crippen molar-refractivity contribution in [1.29, 1.82) is 0 Å². The minimum absolute atomic E-state index is 0.133. The molecule has 20 heavy (non-hydrogen) atoms. The van der Waals surface area contributed by atoms with E-state index < -0.39 is 5.97 Å². The van der Waals surface area contributed by atoms with E-state index in [4.69, 9.17) is 9.84 Å². The fourth-order valence-corrected chi connectivity index (χ4v) is 3.14. The Kier molecular flexibility index (Phi) is 4.97. The lowest BCUT2D eigenvalue weighted by Gasteiger charge is -2.32. The molecule has 2 rings (SSSR count). The Hall–Kier alpha value is -1.60. The maximum Gasteiger partial charge on any atom is 0.338 e. The van der Waals surface area contributed by atoms with Crippen LogP contribution in [0.5, 0.6) is 0 Å². The molecule has 1 fully saturated rings. The Balaban J connectivity index is 1.97. The van der Waals surface area contributed by atoms with Gasteiger partial charge >= 0.3 is 12.0 Å². The third-order valence-corrected chi connectivity index (χ3v) is 4.15. The molecule has 1 saturated heterocycles. The van der Waals surface area contributed by atoms with Gasteiger partial charge in [0.05, 0.1) is 12.2 Å². The summed E-state index contributed by atoms with van der Waals surface area (Å²) < 4.78 is 5.13. The van der Waals surface area contributed by atoms with E-state index in [2.05, 4.69) is 5.32 Å². The van der Waals surface area contributed by atoms with E-state index in [0.29, 0.717) is 30.6 Å². The number of likely N-dealkylation sites (tertiary alicyclic amines) is 1. The third-order valence-electron chi connectivity index (χ3n) is 3.32. The van der Waals surface area contributed by atoms with E-state index in [-0.39, 0.29) is 11.6 Å². The number of anilines is 1. The molecular weight excluding hydrogens is 280 g/mol. The summed E-state index contributed by atoms with van der Waals surface area (Å²) in [6.45, 7) is 1.98. The number of carbonyl (C=O) groups is 2. The molecule has 0 saturated carbocycles. The first-order valence-electron chi connectivity index (χ1n) is 6.47. The van der Waals surface area contributed by atoms with Gasteiger partial charge in [-0.15, -0.1) is 11.3 Å². The van der Waals surface area contributed by atoms with Gasteiger partial charge in [-0.05, 0) is 24.3 Å². The van der Waals surface area contributed by atoms with Crippen LogP contribution in [0.2, 0.25) is 0 Å². The molecule has 0 aliphatic carbocycles. The van der Waals surface area contributed by atoms with Crippen LogP contribution in [-0.2, 0) is 4.74 Å². The van der Waals surface area contributed by atoms with Gasteiger partial charge in [-0.25, -0.2) is 9.59 Å². The van der Waals surface area contributed by atoms with Gasteiger partial charge in [0.25, 0.3) is 0 Å². The number of urea groups is 1. The molecular formula is C13H18N2O4S. The summed E-state index contributed by atoms with van der Waals surface area (Å²) in [5.74, 6) is -0.681. The maximum atomic E-state index is 12.2. The highest BCUT2D eigenvalue weighted by Gasteiger charge is 2.24. The fourth-order valence-electron chi connectivity index (χ4n) is 2.37. The maximum absolute atomic E-state index is 12.2. The Labute approximate surface area is 121 Å². The molecule has 7 heteroatoms. The van der Waals surface area contributed by atoms with Crippen molar-refractivity contribution in [2.24, 2.45) is 5.92 Å². The second-order valence-corrected chi connectivity index (χ2v) is 5.72. The number of carboxylic acid groups (broad SMARTS) is 1. The number of aromatic carboxylic acids is 1. The Morgan fingerprint density at radius 1 is 1.60 bits per heavy atom. The number of piperidine rings is 1. The highest BCUT2D eigenvalue weighted by molar-refractivity contribution is 7.14. The van der Waals surface area contributed by atoms with Crippen LogP contribution in [0.3, 0.4) is 0 Å². The van der Waals surface area contributed by atoms with Gasteiger partial charge in [-0.3, -0.25) is 5.32 Å². The van der Waals surface area contributed by atoms with Gasteiger partial charge in [0.2, 0.25) is 0 Å².